The van der Waals surface area contributed by atoms with E-state index in [4.69, 9.17) is 0 Å². The van der Waals surface area contributed by atoms with Crippen LogP contribution in [0.2, 0.25) is 0 Å². The monoisotopic (exact) mass is 304 g/mol. The first-order valence-corrected chi connectivity index (χ1v) is 6.77. The highest BCUT2D eigenvalue weighted by Crippen LogP contribution is 2.32. The highest BCUT2D eigenvalue weighted by atomic mass is 19.4. The number of halogens is 4. The lowest BCUT2D eigenvalue weighted by molar-refractivity contribution is -0.140. The van der Waals surface area contributed by atoms with Crippen molar-refractivity contribution >= 4 is 5.91 Å². The average molecular weight is 304 g/mol. The molecule has 1 aromatic carbocycles. The number of amides is 1. The molecule has 0 unspecified atom stereocenters. The van der Waals surface area contributed by atoms with Gasteiger partial charge >= 0.3 is 6.18 Å². The zero-order chi connectivity index (χ0) is 15.5. The first-order chi connectivity index (χ1) is 9.89. The molecule has 116 valence electrons. The Morgan fingerprint density at radius 2 is 2.14 bits per heavy atom. The Bertz CT molecular complexity index is 510. The van der Waals surface area contributed by atoms with Crippen molar-refractivity contribution in [3.05, 3.63) is 35.1 Å². The number of nitrogens with one attached hydrogen (secondary N) is 2. The van der Waals surface area contributed by atoms with Crippen LogP contribution in [0.15, 0.2) is 18.2 Å². The van der Waals surface area contributed by atoms with Crippen LogP contribution in [0.3, 0.4) is 0 Å². The maximum absolute atomic E-state index is 13.8. The summed E-state index contributed by atoms with van der Waals surface area (Å²) in [5.41, 5.74) is -2.00. The summed E-state index contributed by atoms with van der Waals surface area (Å²) in [5, 5.41) is 5.70. The smallest absolute Gasteiger partial charge is 0.352 e. The maximum atomic E-state index is 13.8. The van der Waals surface area contributed by atoms with Crippen molar-refractivity contribution in [3.63, 3.8) is 0 Å². The van der Waals surface area contributed by atoms with E-state index in [1.54, 1.807) is 0 Å². The number of hydrogen-bond acceptors (Lipinski definition) is 2. The van der Waals surface area contributed by atoms with E-state index in [9.17, 15) is 22.4 Å². The second-order valence-electron chi connectivity index (χ2n) is 5.00. The van der Waals surface area contributed by atoms with Crippen molar-refractivity contribution in [2.75, 3.05) is 13.1 Å². The number of rotatable bonds is 4. The van der Waals surface area contributed by atoms with Crippen LogP contribution >= 0.6 is 0 Å². The van der Waals surface area contributed by atoms with Gasteiger partial charge in [-0.1, -0.05) is 6.07 Å². The second-order valence-corrected chi connectivity index (χ2v) is 5.00. The van der Waals surface area contributed by atoms with Crippen LogP contribution < -0.4 is 10.6 Å². The molecule has 1 aromatic rings. The molecule has 0 saturated carbocycles. The number of benzene rings is 1. The molecule has 2 N–H and O–H groups in total. The third-order valence-electron chi connectivity index (χ3n) is 3.49. The Morgan fingerprint density at radius 3 is 2.76 bits per heavy atom. The minimum Gasteiger partial charge on any atom is -0.352 e. The lowest BCUT2D eigenvalue weighted by Gasteiger charge is -2.13. The summed E-state index contributed by atoms with van der Waals surface area (Å²) in [7, 11) is 0. The molecule has 1 aliphatic heterocycles. The molecule has 7 heteroatoms. The van der Waals surface area contributed by atoms with Crippen LogP contribution in [0.1, 0.15) is 35.2 Å². The molecular formula is C14H16F4N2O. The van der Waals surface area contributed by atoms with E-state index in [-0.39, 0.29) is 0 Å². The first-order valence-electron chi connectivity index (χ1n) is 6.77. The van der Waals surface area contributed by atoms with Gasteiger partial charge in [0, 0.05) is 12.6 Å². The molecule has 0 radical (unpaired) electrons. The summed E-state index contributed by atoms with van der Waals surface area (Å²) in [6.45, 7) is 1.23. The zero-order valence-electron chi connectivity index (χ0n) is 11.3. The van der Waals surface area contributed by atoms with Gasteiger partial charge in [0.15, 0.2) is 0 Å². The summed E-state index contributed by atoms with van der Waals surface area (Å²) in [5.74, 6) is -2.35. The van der Waals surface area contributed by atoms with E-state index in [0.717, 1.165) is 31.5 Å². The van der Waals surface area contributed by atoms with Crippen LogP contribution in [0.4, 0.5) is 17.6 Å². The van der Waals surface area contributed by atoms with E-state index in [1.165, 1.54) is 0 Å². The van der Waals surface area contributed by atoms with Crippen molar-refractivity contribution in [2.24, 2.45) is 0 Å². The molecular weight excluding hydrogens is 288 g/mol. The maximum Gasteiger partial charge on any atom is 0.419 e. The fourth-order valence-corrected chi connectivity index (χ4v) is 2.38. The molecule has 1 heterocycles. The number of carbonyl (C=O) groups is 1. The number of carbonyl (C=O) groups excluding carboxylic acids is 1. The van der Waals surface area contributed by atoms with E-state index in [1.807, 2.05) is 0 Å². The Kier molecular flexibility index (Phi) is 4.82. The second kappa shape index (κ2) is 6.43. The van der Waals surface area contributed by atoms with Gasteiger partial charge in [0.05, 0.1) is 11.1 Å². The summed E-state index contributed by atoms with van der Waals surface area (Å²) in [6, 6.07) is 3.00. The fraction of sp³-hybridized carbons (Fsp3) is 0.500. The third kappa shape index (κ3) is 3.93. The standard InChI is InChI=1S/C14H16F4N2O/c15-12-10(4-1-5-11(12)14(16,17)18)13(21)20-8-6-9-3-2-7-19-9/h1,4-5,9,19H,2-3,6-8H2,(H,20,21)/t9-/m1/s1. The Labute approximate surface area is 119 Å². The van der Waals surface area contributed by atoms with Crippen LogP contribution in [0.5, 0.6) is 0 Å². The number of alkyl halides is 3. The molecule has 1 fully saturated rings. The van der Waals surface area contributed by atoms with E-state index in [2.05, 4.69) is 10.6 Å². The van der Waals surface area contributed by atoms with Crippen molar-refractivity contribution in [3.8, 4) is 0 Å². The predicted octanol–water partition coefficient (Wildman–Crippen LogP) is 2.72. The van der Waals surface area contributed by atoms with Crippen LogP contribution in [-0.2, 0) is 6.18 Å². The van der Waals surface area contributed by atoms with Crippen molar-refractivity contribution in [1.29, 1.82) is 0 Å². The Balaban J connectivity index is 1.98. The number of hydrogen-bond donors (Lipinski definition) is 2. The lowest BCUT2D eigenvalue weighted by atomic mass is 10.1. The molecule has 1 saturated heterocycles. The Morgan fingerprint density at radius 1 is 1.38 bits per heavy atom. The summed E-state index contributed by atoms with van der Waals surface area (Å²) in [6.07, 6.45) is -2.06. The molecule has 0 aromatic heterocycles. The van der Waals surface area contributed by atoms with Crippen molar-refractivity contribution in [2.45, 2.75) is 31.5 Å². The van der Waals surface area contributed by atoms with Gasteiger partial charge in [0.25, 0.3) is 5.91 Å². The molecule has 1 amide bonds. The van der Waals surface area contributed by atoms with Crippen LogP contribution in [0, 0.1) is 5.82 Å². The molecule has 3 nitrogen and oxygen atoms in total. The quantitative estimate of drug-likeness (QED) is 0.840. The van der Waals surface area contributed by atoms with Gasteiger partial charge in [-0.15, -0.1) is 0 Å². The molecule has 21 heavy (non-hydrogen) atoms. The first kappa shape index (κ1) is 15.8. The third-order valence-corrected chi connectivity index (χ3v) is 3.49. The summed E-state index contributed by atoms with van der Waals surface area (Å²) < 4.78 is 51.5. The van der Waals surface area contributed by atoms with Crippen LogP contribution in [0.25, 0.3) is 0 Å². The van der Waals surface area contributed by atoms with Gasteiger partial charge in [-0.3, -0.25) is 4.79 Å². The molecule has 2 rings (SSSR count). The van der Waals surface area contributed by atoms with E-state index < -0.39 is 29.0 Å². The average Bonchev–Trinajstić information content (AvgIpc) is 2.90. The topological polar surface area (TPSA) is 41.1 Å². The zero-order valence-corrected chi connectivity index (χ0v) is 11.3. The molecule has 1 atom stereocenters. The molecule has 0 aliphatic carbocycles. The van der Waals surface area contributed by atoms with Crippen molar-refractivity contribution < 1.29 is 22.4 Å². The largest absolute Gasteiger partial charge is 0.419 e. The van der Waals surface area contributed by atoms with Gasteiger partial charge in [-0.05, 0) is 37.9 Å². The fourth-order valence-electron chi connectivity index (χ4n) is 2.38. The minimum atomic E-state index is -4.81. The normalized spacial score (nSPS) is 18.8. The highest BCUT2D eigenvalue weighted by molar-refractivity contribution is 5.94. The lowest BCUT2D eigenvalue weighted by Crippen LogP contribution is -2.31. The van der Waals surface area contributed by atoms with Crippen LogP contribution in [-0.4, -0.2) is 25.0 Å². The van der Waals surface area contributed by atoms with Gasteiger partial charge in [-0.2, -0.15) is 13.2 Å². The molecule has 0 spiro atoms. The molecule has 1 aliphatic rings. The highest BCUT2D eigenvalue weighted by Gasteiger charge is 2.35. The van der Waals surface area contributed by atoms with E-state index in [0.29, 0.717) is 25.1 Å². The van der Waals surface area contributed by atoms with Gasteiger partial charge < -0.3 is 10.6 Å². The van der Waals surface area contributed by atoms with E-state index >= 15 is 0 Å². The van der Waals surface area contributed by atoms with Gasteiger partial charge in [0.2, 0.25) is 0 Å². The van der Waals surface area contributed by atoms with Gasteiger partial charge in [0.1, 0.15) is 5.82 Å². The van der Waals surface area contributed by atoms with Gasteiger partial charge in [-0.25, -0.2) is 4.39 Å². The molecule has 0 bridgehead atoms. The summed E-state index contributed by atoms with van der Waals surface area (Å²) in [4.78, 5) is 11.8. The SMILES string of the molecule is O=C(NCC[C@H]1CCCN1)c1cccc(C(F)(F)F)c1F. The van der Waals surface area contributed by atoms with Crippen molar-refractivity contribution in [1.82, 2.24) is 10.6 Å². The minimum absolute atomic E-state index is 0.298. The summed E-state index contributed by atoms with van der Waals surface area (Å²) >= 11 is 0. The Hall–Kier alpha value is -1.63. The predicted molar refractivity (Wildman–Crippen MR) is 69.4 cm³/mol.